The van der Waals surface area contributed by atoms with Gasteiger partial charge in [-0.25, -0.2) is 0 Å². The second-order valence-electron chi connectivity index (χ2n) is 6.37. The van der Waals surface area contributed by atoms with Crippen LogP contribution in [0, 0.1) is 6.92 Å². The van der Waals surface area contributed by atoms with Crippen molar-refractivity contribution >= 4 is 17.7 Å². The predicted molar refractivity (Wildman–Crippen MR) is 106 cm³/mol. The first-order chi connectivity index (χ1) is 12.7. The van der Waals surface area contributed by atoms with Gasteiger partial charge in [0.15, 0.2) is 11.5 Å². The highest BCUT2D eigenvalue weighted by Crippen LogP contribution is 2.31. The Labute approximate surface area is 159 Å². The number of carbonyl (C=O) groups is 1. The van der Waals surface area contributed by atoms with E-state index in [0.29, 0.717) is 32.6 Å². The summed E-state index contributed by atoms with van der Waals surface area (Å²) in [4.78, 5) is 12.0. The van der Waals surface area contributed by atoms with Gasteiger partial charge in [-0.2, -0.15) is 11.8 Å². The zero-order chi connectivity index (χ0) is 18.2. The highest BCUT2D eigenvalue weighted by molar-refractivity contribution is 7.98. The van der Waals surface area contributed by atoms with Gasteiger partial charge in [-0.15, -0.1) is 0 Å². The van der Waals surface area contributed by atoms with E-state index in [-0.39, 0.29) is 5.91 Å². The minimum absolute atomic E-state index is 0.0934. The van der Waals surface area contributed by atoms with Crippen molar-refractivity contribution in [2.75, 3.05) is 25.5 Å². The van der Waals surface area contributed by atoms with Gasteiger partial charge in [0.1, 0.15) is 13.2 Å². The Morgan fingerprint density at radius 3 is 2.58 bits per heavy atom. The molecule has 0 aliphatic carbocycles. The normalized spacial score (nSPS) is 12.7. The van der Waals surface area contributed by atoms with Crippen molar-refractivity contribution in [3.05, 3.63) is 59.2 Å². The fourth-order valence-electron chi connectivity index (χ4n) is 2.73. The molecule has 0 radical (unpaired) electrons. The third-order valence-corrected chi connectivity index (χ3v) is 5.24. The topological polar surface area (TPSA) is 47.6 Å². The largest absolute Gasteiger partial charge is 0.486 e. The minimum Gasteiger partial charge on any atom is -0.486 e. The smallest absolute Gasteiger partial charge is 0.220 e. The Bertz CT molecular complexity index is 731. The lowest BCUT2D eigenvalue weighted by molar-refractivity contribution is -0.120. The van der Waals surface area contributed by atoms with Crippen LogP contribution in [-0.2, 0) is 17.0 Å². The number of amides is 1. The van der Waals surface area contributed by atoms with Gasteiger partial charge in [-0.05, 0) is 36.6 Å². The number of ether oxygens (including phenoxy) is 2. The molecule has 1 heterocycles. The number of hydrogen-bond acceptors (Lipinski definition) is 4. The number of nitrogens with one attached hydrogen (secondary N) is 1. The molecule has 3 rings (SSSR count). The summed E-state index contributed by atoms with van der Waals surface area (Å²) in [5.74, 6) is 3.56. The van der Waals surface area contributed by atoms with Crippen molar-refractivity contribution in [2.24, 2.45) is 0 Å². The molecule has 1 aliphatic heterocycles. The van der Waals surface area contributed by atoms with E-state index in [1.807, 2.05) is 30.0 Å². The summed E-state index contributed by atoms with van der Waals surface area (Å²) >= 11 is 1.84. The monoisotopic (exact) mass is 371 g/mol. The lowest BCUT2D eigenvalue weighted by Crippen LogP contribution is -2.26. The molecule has 0 saturated carbocycles. The Hall–Kier alpha value is -2.14. The zero-order valence-corrected chi connectivity index (χ0v) is 15.9. The second kappa shape index (κ2) is 9.53. The molecule has 0 unspecified atom stereocenters. The molecule has 0 fully saturated rings. The van der Waals surface area contributed by atoms with Gasteiger partial charge in [0.05, 0.1) is 0 Å². The van der Waals surface area contributed by atoms with Crippen molar-refractivity contribution in [3.8, 4) is 11.5 Å². The quantitative estimate of drug-likeness (QED) is 0.718. The summed E-state index contributed by atoms with van der Waals surface area (Å²) < 4.78 is 11.1. The zero-order valence-electron chi connectivity index (χ0n) is 15.1. The number of aryl methyl sites for hydroxylation is 2. The summed E-state index contributed by atoms with van der Waals surface area (Å²) in [5, 5.41) is 2.99. The first-order valence-electron chi connectivity index (χ1n) is 8.99. The second-order valence-corrected chi connectivity index (χ2v) is 7.47. The Morgan fingerprint density at radius 1 is 1.04 bits per heavy atom. The van der Waals surface area contributed by atoms with Crippen LogP contribution in [-0.4, -0.2) is 31.4 Å². The average Bonchev–Trinajstić information content (AvgIpc) is 2.67. The molecular formula is C21H25NO3S. The molecule has 1 amide bonds. The molecule has 0 bridgehead atoms. The van der Waals surface area contributed by atoms with Crippen LogP contribution >= 0.6 is 11.8 Å². The van der Waals surface area contributed by atoms with E-state index in [1.54, 1.807) is 0 Å². The molecule has 0 saturated heterocycles. The van der Waals surface area contributed by atoms with Crippen LogP contribution in [0.2, 0.25) is 0 Å². The van der Waals surface area contributed by atoms with Gasteiger partial charge in [-0.3, -0.25) is 4.79 Å². The van der Waals surface area contributed by atoms with E-state index in [1.165, 1.54) is 11.1 Å². The van der Waals surface area contributed by atoms with Crippen molar-refractivity contribution < 1.29 is 14.3 Å². The average molecular weight is 372 g/mol. The fraction of sp³-hybridized carbons (Fsp3) is 0.381. The lowest BCUT2D eigenvalue weighted by atomic mass is 10.1. The van der Waals surface area contributed by atoms with E-state index in [4.69, 9.17) is 9.47 Å². The van der Waals surface area contributed by atoms with E-state index in [0.717, 1.165) is 28.6 Å². The van der Waals surface area contributed by atoms with Gasteiger partial charge in [-0.1, -0.05) is 35.9 Å². The molecule has 138 valence electrons. The minimum atomic E-state index is 0.0934. The first kappa shape index (κ1) is 18.6. The molecule has 2 aromatic carbocycles. The van der Waals surface area contributed by atoms with Gasteiger partial charge in [0.2, 0.25) is 5.91 Å². The number of thioether (sulfide) groups is 1. The summed E-state index contributed by atoms with van der Waals surface area (Å²) in [6.45, 7) is 3.97. The molecule has 0 spiro atoms. The van der Waals surface area contributed by atoms with Crippen molar-refractivity contribution in [1.29, 1.82) is 0 Å². The van der Waals surface area contributed by atoms with Gasteiger partial charge in [0, 0.05) is 24.5 Å². The van der Waals surface area contributed by atoms with Gasteiger partial charge in [0.25, 0.3) is 0 Å². The van der Waals surface area contributed by atoms with Crippen LogP contribution in [0.4, 0.5) is 0 Å². The van der Waals surface area contributed by atoms with Crippen LogP contribution in [0.15, 0.2) is 42.5 Å². The summed E-state index contributed by atoms with van der Waals surface area (Å²) in [6.07, 6.45) is 1.20. The molecule has 4 nitrogen and oxygen atoms in total. The molecule has 1 N–H and O–H groups in total. The third kappa shape index (κ3) is 5.70. The number of fused-ring (bicyclic) bond motifs is 1. The molecule has 5 heteroatoms. The standard InChI is InChI=1S/C21H25NO3S/c1-16-2-4-18(5-3-16)15-26-13-10-22-21(23)9-7-17-6-8-19-20(14-17)25-12-11-24-19/h2-6,8,14H,7,9-13,15H2,1H3,(H,22,23). The maximum absolute atomic E-state index is 12.0. The molecular weight excluding hydrogens is 346 g/mol. The maximum atomic E-state index is 12.0. The van der Waals surface area contributed by atoms with Gasteiger partial charge >= 0.3 is 0 Å². The van der Waals surface area contributed by atoms with Crippen LogP contribution in [0.3, 0.4) is 0 Å². The van der Waals surface area contributed by atoms with E-state index < -0.39 is 0 Å². The summed E-state index contributed by atoms with van der Waals surface area (Å²) in [7, 11) is 0. The number of benzene rings is 2. The van der Waals surface area contributed by atoms with Crippen LogP contribution in [0.5, 0.6) is 11.5 Å². The Kier molecular flexibility index (Phi) is 6.83. The Morgan fingerprint density at radius 2 is 1.77 bits per heavy atom. The lowest BCUT2D eigenvalue weighted by Gasteiger charge is -2.18. The first-order valence-corrected chi connectivity index (χ1v) is 10.1. The van der Waals surface area contributed by atoms with Crippen molar-refractivity contribution in [2.45, 2.75) is 25.5 Å². The predicted octanol–water partition coefficient (Wildman–Crippen LogP) is 3.75. The Balaban J connectivity index is 1.31. The number of hydrogen-bond donors (Lipinski definition) is 1. The van der Waals surface area contributed by atoms with E-state index in [2.05, 4.69) is 36.5 Å². The third-order valence-electron chi connectivity index (χ3n) is 4.21. The van der Waals surface area contributed by atoms with Crippen LogP contribution < -0.4 is 14.8 Å². The molecule has 0 aromatic heterocycles. The summed E-state index contributed by atoms with van der Waals surface area (Å²) in [5.41, 5.74) is 3.70. The van der Waals surface area contributed by atoms with Crippen molar-refractivity contribution in [3.63, 3.8) is 0 Å². The SMILES string of the molecule is Cc1ccc(CSCCNC(=O)CCc2ccc3c(c2)OCCO3)cc1. The molecule has 26 heavy (non-hydrogen) atoms. The van der Waals surface area contributed by atoms with Gasteiger partial charge < -0.3 is 14.8 Å². The van der Waals surface area contributed by atoms with E-state index >= 15 is 0 Å². The number of carbonyl (C=O) groups excluding carboxylic acids is 1. The molecule has 1 aliphatic rings. The van der Waals surface area contributed by atoms with Crippen LogP contribution in [0.25, 0.3) is 0 Å². The number of rotatable bonds is 8. The molecule has 0 atom stereocenters. The highest BCUT2D eigenvalue weighted by atomic mass is 32.2. The van der Waals surface area contributed by atoms with Crippen molar-refractivity contribution in [1.82, 2.24) is 5.32 Å². The maximum Gasteiger partial charge on any atom is 0.220 e. The summed E-state index contributed by atoms with van der Waals surface area (Å²) in [6, 6.07) is 14.5. The highest BCUT2D eigenvalue weighted by Gasteiger charge is 2.12. The van der Waals surface area contributed by atoms with Crippen LogP contribution in [0.1, 0.15) is 23.1 Å². The fourth-order valence-corrected chi connectivity index (χ4v) is 3.55. The molecule has 2 aromatic rings. The van der Waals surface area contributed by atoms with E-state index in [9.17, 15) is 4.79 Å².